The number of rotatable bonds is 4. The molecule has 0 fully saturated rings. The van der Waals surface area contributed by atoms with E-state index in [2.05, 4.69) is 5.10 Å². The maximum absolute atomic E-state index is 10.9. The van der Waals surface area contributed by atoms with Crippen molar-refractivity contribution in [3.8, 4) is 28.4 Å². The molecular weight excluding hydrogens is 298 g/mol. The summed E-state index contributed by atoms with van der Waals surface area (Å²) in [6.07, 6.45) is 1.57. The van der Waals surface area contributed by atoms with Gasteiger partial charge in [0.25, 0.3) is 5.69 Å². The lowest BCUT2D eigenvalue weighted by molar-refractivity contribution is -0.384. The minimum absolute atomic E-state index is 0.0251. The lowest BCUT2D eigenvalue weighted by Gasteiger charge is -2.10. The molecule has 0 atom stereocenters. The number of methoxy groups -OCH3 is 1. The van der Waals surface area contributed by atoms with Crippen LogP contribution in [0.2, 0.25) is 0 Å². The molecule has 7 nitrogen and oxygen atoms in total. The smallest absolute Gasteiger partial charge is 0.271 e. The molecule has 3 aromatic rings. The summed E-state index contributed by atoms with van der Waals surface area (Å²) < 4.78 is 6.60. The van der Waals surface area contributed by atoms with Gasteiger partial charge in [-0.15, -0.1) is 0 Å². The van der Waals surface area contributed by atoms with Crippen LogP contribution in [0.3, 0.4) is 0 Å². The van der Waals surface area contributed by atoms with Crippen LogP contribution < -0.4 is 4.74 Å². The molecule has 0 amide bonds. The average molecular weight is 311 g/mol. The number of phenolic OH excluding ortho intramolecular Hbond substituents is 1. The van der Waals surface area contributed by atoms with Gasteiger partial charge in [-0.2, -0.15) is 5.10 Å². The highest BCUT2D eigenvalue weighted by Crippen LogP contribution is 2.33. The van der Waals surface area contributed by atoms with Gasteiger partial charge in [0.15, 0.2) is 0 Å². The molecule has 0 unspecified atom stereocenters. The second kappa shape index (κ2) is 5.80. The molecule has 1 N–H and O–H groups in total. The fourth-order valence-corrected chi connectivity index (χ4v) is 2.31. The lowest BCUT2D eigenvalue weighted by atomic mass is 10.1. The maximum atomic E-state index is 10.9. The molecule has 7 heteroatoms. The first-order chi connectivity index (χ1) is 11.1. The molecule has 116 valence electrons. The van der Waals surface area contributed by atoms with E-state index in [1.807, 2.05) is 0 Å². The van der Waals surface area contributed by atoms with E-state index in [0.29, 0.717) is 22.7 Å². The normalized spacial score (nSPS) is 10.5. The standard InChI is InChI=1S/C16H13N3O4/c1-23-13-5-6-14(16(20)10-13)15-7-8-17-18(15)11-3-2-4-12(9-11)19(21)22/h2-10,20H,1H3. The minimum atomic E-state index is -0.461. The molecule has 0 radical (unpaired) electrons. The average Bonchev–Trinajstić information content (AvgIpc) is 3.04. The van der Waals surface area contributed by atoms with Gasteiger partial charge < -0.3 is 9.84 Å². The molecule has 0 spiro atoms. The molecule has 1 aromatic heterocycles. The van der Waals surface area contributed by atoms with Crippen molar-refractivity contribution < 1.29 is 14.8 Å². The zero-order valence-corrected chi connectivity index (χ0v) is 12.2. The van der Waals surface area contributed by atoms with Crippen molar-refractivity contribution in [3.63, 3.8) is 0 Å². The van der Waals surface area contributed by atoms with Crippen molar-refractivity contribution in [1.82, 2.24) is 9.78 Å². The number of ether oxygens (including phenoxy) is 1. The highest BCUT2D eigenvalue weighted by atomic mass is 16.6. The van der Waals surface area contributed by atoms with E-state index in [9.17, 15) is 15.2 Å². The summed E-state index contributed by atoms with van der Waals surface area (Å²) in [4.78, 5) is 10.5. The zero-order valence-electron chi connectivity index (χ0n) is 12.2. The van der Waals surface area contributed by atoms with Gasteiger partial charge in [-0.05, 0) is 24.3 Å². The Kier molecular flexibility index (Phi) is 3.68. The van der Waals surface area contributed by atoms with Gasteiger partial charge in [-0.25, -0.2) is 4.68 Å². The van der Waals surface area contributed by atoms with Crippen LogP contribution in [0.1, 0.15) is 0 Å². The Morgan fingerprint density at radius 2 is 2.04 bits per heavy atom. The molecule has 23 heavy (non-hydrogen) atoms. The number of nitrogens with zero attached hydrogens (tertiary/aromatic N) is 3. The summed E-state index contributed by atoms with van der Waals surface area (Å²) in [5.74, 6) is 0.573. The van der Waals surface area contributed by atoms with Gasteiger partial charge in [-0.1, -0.05) is 6.07 Å². The maximum Gasteiger partial charge on any atom is 0.271 e. The first-order valence-electron chi connectivity index (χ1n) is 6.76. The number of hydrogen-bond acceptors (Lipinski definition) is 5. The Morgan fingerprint density at radius 1 is 1.22 bits per heavy atom. The summed E-state index contributed by atoms with van der Waals surface area (Å²) >= 11 is 0. The number of nitro groups is 1. The predicted octanol–water partition coefficient (Wildman–Crippen LogP) is 3.16. The van der Waals surface area contributed by atoms with Gasteiger partial charge >= 0.3 is 0 Å². The van der Waals surface area contributed by atoms with Crippen molar-refractivity contribution in [2.45, 2.75) is 0 Å². The predicted molar refractivity (Wildman–Crippen MR) is 83.9 cm³/mol. The highest BCUT2D eigenvalue weighted by molar-refractivity contribution is 5.70. The third-order valence-corrected chi connectivity index (χ3v) is 3.41. The number of hydrogen-bond donors (Lipinski definition) is 1. The van der Waals surface area contributed by atoms with Crippen LogP contribution in [0, 0.1) is 10.1 Å². The number of benzene rings is 2. The molecule has 0 saturated heterocycles. The third-order valence-electron chi connectivity index (χ3n) is 3.41. The second-order valence-electron chi connectivity index (χ2n) is 4.79. The van der Waals surface area contributed by atoms with Gasteiger partial charge in [-0.3, -0.25) is 10.1 Å². The molecule has 0 saturated carbocycles. The second-order valence-corrected chi connectivity index (χ2v) is 4.79. The topological polar surface area (TPSA) is 90.4 Å². The first kappa shape index (κ1) is 14.6. The van der Waals surface area contributed by atoms with Crippen LogP contribution in [0.25, 0.3) is 16.9 Å². The summed E-state index contributed by atoms with van der Waals surface area (Å²) in [6.45, 7) is 0. The SMILES string of the molecule is COc1ccc(-c2ccnn2-c2cccc([N+](=O)[O-])c2)c(O)c1. The third kappa shape index (κ3) is 2.71. The van der Waals surface area contributed by atoms with Crippen LogP contribution >= 0.6 is 0 Å². The van der Waals surface area contributed by atoms with E-state index in [-0.39, 0.29) is 11.4 Å². The Morgan fingerprint density at radius 3 is 2.74 bits per heavy atom. The Hall–Kier alpha value is -3.35. The number of nitro benzene ring substituents is 1. The molecule has 0 aliphatic rings. The number of aromatic nitrogens is 2. The Bertz CT molecular complexity index is 873. The van der Waals surface area contributed by atoms with Crippen molar-refractivity contribution in [2.75, 3.05) is 7.11 Å². The fourth-order valence-electron chi connectivity index (χ4n) is 2.31. The van der Waals surface area contributed by atoms with Crippen molar-refractivity contribution in [1.29, 1.82) is 0 Å². The number of aromatic hydroxyl groups is 1. The fraction of sp³-hybridized carbons (Fsp3) is 0.0625. The molecule has 3 rings (SSSR count). The Labute approximate surface area is 131 Å². The van der Waals surface area contributed by atoms with Gasteiger partial charge in [0.1, 0.15) is 11.5 Å². The minimum Gasteiger partial charge on any atom is -0.507 e. The summed E-state index contributed by atoms with van der Waals surface area (Å²) in [5, 5.41) is 25.3. The van der Waals surface area contributed by atoms with Crippen LogP contribution in [-0.4, -0.2) is 26.9 Å². The lowest BCUT2D eigenvalue weighted by Crippen LogP contribution is -2.00. The van der Waals surface area contributed by atoms with Gasteiger partial charge in [0, 0.05) is 23.8 Å². The molecule has 1 heterocycles. The van der Waals surface area contributed by atoms with Crippen molar-refractivity contribution in [3.05, 3.63) is 64.8 Å². The summed E-state index contributed by atoms with van der Waals surface area (Å²) in [7, 11) is 1.52. The molecule has 2 aromatic carbocycles. The monoisotopic (exact) mass is 311 g/mol. The summed E-state index contributed by atoms with van der Waals surface area (Å²) in [5.41, 5.74) is 1.68. The largest absolute Gasteiger partial charge is 0.507 e. The van der Waals surface area contributed by atoms with Gasteiger partial charge in [0.05, 0.1) is 29.6 Å². The van der Waals surface area contributed by atoms with E-state index in [1.165, 1.54) is 30.0 Å². The van der Waals surface area contributed by atoms with E-state index >= 15 is 0 Å². The van der Waals surface area contributed by atoms with Crippen LogP contribution in [0.15, 0.2) is 54.7 Å². The molecular formula is C16H13N3O4. The van der Waals surface area contributed by atoms with Crippen molar-refractivity contribution >= 4 is 5.69 Å². The highest BCUT2D eigenvalue weighted by Gasteiger charge is 2.14. The number of phenols is 1. The van der Waals surface area contributed by atoms with E-state index in [4.69, 9.17) is 4.74 Å². The molecule has 0 aliphatic heterocycles. The molecule has 0 aliphatic carbocycles. The quantitative estimate of drug-likeness (QED) is 0.590. The van der Waals surface area contributed by atoms with E-state index < -0.39 is 4.92 Å². The summed E-state index contributed by atoms with van der Waals surface area (Å²) in [6, 6.07) is 12.8. The van der Waals surface area contributed by atoms with Crippen LogP contribution in [0.5, 0.6) is 11.5 Å². The van der Waals surface area contributed by atoms with Crippen LogP contribution in [-0.2, 0) is 0 Å². The number of non-ortho nitro benzene ring substituents is 1. The van der Waals surface area contributed by atoms with Crippen molar-refractivity contribution in [2.24, 2.45) is 0 Å². The van der Waals surface area contributed by atoms with E-state index in [0.717, 1.165) is 0 Å². The first-order valence-corrected chi connectivity index (χ1v) is 6.76. The van der Waals surface area contributed by atoms with E-state index in [1.54, 1.807) is 36.5 Å². The van der Waals surface area contributed by atoms with Gasteiger partial charge in [0.2, 0.25) is 0 Å². The van der Waals surface area contributed by atoms with Crippen LogP contribution in [0.4, 0.5) is 5.69 Å². The Balaban J connectivity index is 2.10. The zero-order chi connectivity index (χ0) is 16.4. The molecule has 0 bridgehead atoms.